The van der Waals surface area contributed by atoms with Crippen molar-refractivity contribution in [1.82, 2.24) is 5.32 Å². The predicted octanol–water partition coefficient (Wildman–Crippen LogP) is 5.18. The second-order valence-electron chi connectivity index (χ2n) is 7.30. The average Bonchev–Trinajstić information content (AvgIpc) is 3.48. The number of hydrogen-bond acceptors (Lipinski definition) is 7. The second kappa shape index (κ2) is 9.77. The van der Waals surface area contributed by atoms with Crippen molar-refractivity contribution in [1.29, 1.82) is 0 Å². The third kappa shape index (κ3) is 4.55. The average molecular weight is 557 g/mol. The fraction of sp³-hybridized carbons (Fsp3) is 0.125. The number of nitrogens with zero attached hydrogens (tertiary/aromatic N) is 1. The number of carbonyl (C=O) groups is 2. The van der Waals surface area contributed by atoms with Gasteiger partial charge in [-0.3, -0.25) is 19.8 Å². The standard InChI is InChI=1S/C24H17BrN2O5S2/c25-18-13-34-19(20(18)23-30-10-11-31-23)12-17-21(28)26-24(33)27(22(17)29)14-6-8-16(9-7-14)32-15-4-2-1-3-5-15/h1-9,12-13,23H,10-11H2,(H,26,28,33)/b17-12+. The zero-order chi connectivity index (χ0) is 23.7. The minimum atomic E-state index is -0.556. The van der Waals surface area contributed by atoms with Crippen LogP contribution < -0.4 is 15.0 Å². The lowest BCUT2D eigenvalue weighted by Gasteiger charge is -2.29. The molecule has 3 heterocycles. The van der Waals surface area contributed by atoms with Crippen molar-refractivity contribution in [3.05, 3.63) is 80.5 Å². The molecular formula is C24H17BrN2O5S2. The van der Waals surface area contributed by atoms with Gasteiger partial charge in [-0.1, -0.05) is 18.2 Å². The quantitative estimate of drug-likeness (QED) is 0.265. The van der Waals surface area contributed by atoms with E-state index in [-0.39, 0.29) is 10.7 Å². The number of thiophene rings is 1. The van der Waals surface area contributed by atoms with E-state index in [0.717, 1.165) is 10.0 Å². The lowest BCUT2D eigenvalue weighted by Crippen LogP contribution is -2.54. The molecule has 0 aliphatic carbocycles. The smallest absolute Gasteiger partial charge is 0.270 e. The number of benzene rings is 2. The van der Waals surface area contributed by atoms with Gasteiger partial charge in [-0.05, 0) is 70.6 Å². The van der Waals surface area contributed by atoms with Crippen LogP contribution in [0.3, 0.4) is 0 Å². The molecule has 0 radical (unpaired) electrons. The Morgan fingerprint density at radius 1 is 1.06 bits per heavy atom. The molecule has 2 aliphatic heterocycles. The molecule has 0 bridgehead atoms. The molecule has 5 rings (SSSR count). The molecule has 0 atom stereocenters. The van der Waals surface area contributed by atoms with Crippen LogP contribution in [0.2, 0.25) is 0 Å². The fourth-order valence-electron chi connectivity index (χ4n) is 3.54. The van der Waals surface area contributed by atoms with Crippen LogP contribution in [0.1, 0.15) is 16.7 Å². The highest BCUT2D eigenvalue weighted by atomic mass is 79.9. The molecule has 1 aromatic heterocycles. The van der Waals surface area contributed by atoms with Gasteiger partial charge in [0.25, 0.3) is 11.8 Å². The number of hydrogen-bond donors (Lipinski definition) is 1. The summed E-state index contributed by atoms with van der Waals surface area (Å²) in [6.07, 6.45) is 0.998. The number of rotatable bonds is 5. The van der Waals surface area contributed by atoms with Crippen molar-refractivity contribution in [3.8, 4) is 11.5 Å². The highest BCUT2D eigenvalue weighted by molar-refractivity contribution is 9.10. The Balaban J connectivity index is 1.42. The first-order chi connectivity index (χ1) is 16.5. The molecule has 2 aromatic carbocycles. The van der Waals surface area contributed by atoms with E-state index in [2.05, 4.69) is 21.2 Å². The molecule has 2 fully saturated rings. The van der Waals surface area contributed by atoms with Gasteiger partial charge in [-0.2, -0.15) is 0 Å². The van der Waals surface area contributed by atoms with Crippen LogP contribution in [0, 0.1) is 0 Å². The molecule has 0 unspecified atom stereocenters. The first kappa shape index (κ1) is 22.9. The summed E-state index contributed by atoms with van der Waals surface area (Å²) >= 11 is 10.2. The van der Waals surface area contributed by atoms with E-state index in [1.165, 1.54) is 16.2 Å². The number of anilines is 1. The molecule has 2 amide bonds. The van der Waals surface area contributed by atoms with Gasteiger partial charge in [-0.15, -0.1) is 11.3 Å². The molecule has 0 spiro atoms. The van der Waals surface area contributed by atoms with Gasteiger partial charge in [0.15, 0.2) is 11.4 Å². The first-order valence-electron chi connectivity index (χ1n) is 10.3. The van der Waals surface area contributed by atoms with Crippen LogP contribution in [0.15, 0.2) is 70.0 Å². The van der Waals surface area contributed by atoms with Gasteiger partial charge >= 0.3 is 0 Å². The SMILES string of the molecule is O=C1NC(=S)N(c2ccc(Oc3ccccc3)cc2)C(=O)/C1=C/c1scc(Br)c1C1OCCO1. The Morgan fingerprint density at radius 2 is 1.74 bits per heavy atom. The molecule has 1 N–H and O–H groups in total. The summed E-state index contributed by atoms with van der Waals surface area (Å²) in [5, 5.41) is 4.49. The summed E-state index contributed by atoms with van der Waals surface area (Å²) < 4.78 is 17.8. The van der Waals surface area contributed by atoms with Gasteiger partial charge in [0.05, 0.1) is 18.9 Å². The zero-order valence-electron chi connectivity index (χ0n) is 17.5. The van der Waals surface area contributed by atoms with Gasteiger partial charge in [0.2, 0.25) is 0 Å². The zero-order valence-corrected chi connectivity index (χ0v) is 20.7. The molecule has 7 nitrogen and oxygen atoms in total. The van der Waals surface area contributed by atoms with Crippen molar-refractivity contribution >= 4 is 68.2 Å². The van der Waals surface area contributed by atoms with Gasteiger partial charge in [0, 0.05) is 20.3 Å². The van der Waals surface area contributed by atoms with E-state index in [4.69, 9.17) is 26.4 Å². The molecule has 172 valence electrons. The molecule has 34 heavy (non-hydrogen) atoms. The van der Waals surface area contributed by atoms with Crippen molar-refractivity contribution in [2.24, 2.45) is 0 Å². The Labute approximate surface area is 213 Å². The molecule has 10 heteroatoms. The van der Waals surface area contributed by atoms with Crippen LogP contribution in [0.25, 0.3) is 6.08 Å². The lowest BCUT2D eigenvalue weighted by atomic mass is 10.1. The summed E-state index contributed by atoms with van der Waals surface area (Å²) in [4.78, 5) is 28.0. The molecule has 3 aromatic rings. The predicted molar refractivity (Wildman–Crippen MR) is 136 cm³/mol. The maximum Gasteiger partial charge on any atom is 0.270 e. The summed E-state index contributed by atoms with van der Waals surface area (Å²) in [6, 6.07) is 16.3. The summed E-state index contributed by atoms with van der Waals surface area (Å²) in [6.45, 7) is 0.961. The number of carbonyl (C=O) groups excluding carboxylic acids is 2. The minimum Gasteiger partial charge on any atom is -0.457 e. The Hall–Kier alpha value is -2.89. The number of halogens is 1. The van der Waals surface area contributed by atoms with Crippen LogP contribution in [-0.4, -0.2) is 30.1 Å². The van der Waals surface area contributed by atoms with Gasteiger partial charge in [-0.25, -0.2) is 0 Å². The van der Waals surface area contributed by atoms with E-state index in [9.17, 15) is 9.59 Å². The fourth-order valence-corrected chi connectivity index (χ4v) is 5.51. The topological polar surface area (TPSA) is 77.1 Å². The van der Waals surface area contributed by atoms with Gasteiger partial charge < -0.3 is 14.2 Å². The minimum absolute atomic E-state index is 0.0129. The Bertz CT molecular complexity index is 1280. The lowest BCUT2D eigenvalue weighted by molar-refractivity contribution is -0.122. The maximum absolute atomic E-state index is 13.4. The molecule has 2 aliphatic rings. The van der Waals surface area contributed by atoms with E-state index in [1.54, 1.807) is 30.3 Å². The van der Waals surface area contributed by atoms with E-state index in [1.807, 2.05) is 35.7 Å². The van der Waals surface area contributed by atoms with Crippen molar-refractivity contribution < 1.29 is 23.8 Å². The number of amides is 2. The first-order valence-corrected chi connectivity index (χ1v) is 12.3. The molecule has 0 saturated carbocycles. The van der Waals surface area contributed by atoms with Gasteiger partial charge in [0.1, 0.15) is 17.1 Å². The molecular weight excluding hydrogens is 540 g/mol. The number of thiocarbonyl (C=S) groups is 1. The van der Waals surface area contributed by atoms with E-state index >= 15 is 0 Å². The highest BCUT2D eigenvalue weighted by Gasteiger charge is 2.35. The Morgan fingerprint density at radius 3 is 2.44 bits per heavy atom. The van der Waals surface area contributed by atoms with Crippen molar-refractivity contribution in [2.75, 3.05) is 18.1 Å². The number of ether oxygens (including phenoxy) is 3. The number of nitrogens with one attached hydrogen (secondary N) is 1. The van der Waals surface area contributed by atoms with E-state index < -0.39 is 18.1 Å². The van der Waals surface area contributed by atoms with Crippen LogP contribution in [0.4, 0.5) is 5.69 Å². The van der Waals surface area contributed by atoms with Crippen LogP contribution in [0.5, 0.6) is 11.5 Å². The monoisotopic (exact) mass is 556 g/mol. The number of para-hydroxylation sites is 1. The molecule has 2 saturated heterocycles. The summed E-state index contributed by atoms with van der Waals surface area (Å²) in [7, 11) is 0. The third-order valence-electron chi connectivity index (χ3n) is 5.12. The van der Waals surface area contributed by atoms with E-state index in [0.29, 0.717) is 35.3 Å². The van der Waals surface area contributed by atoms with Crippen molar-refractivity contribution in [2.45, 2.75) is 6.29 Å². The normalized spacial score (nSPS) is 18.0. The largest absolute Gasteiger partial charge is 0.457 e. The highest BCUT2D eigenvalue weighted by Crippen LogP contribution is 2.38. The van der Waals surface area contributed by atoms with Crippen molar-refractivity contribution in [3.63, 3.8) is 0 Å². The van der Waals surface area contributed by atoms with Crippen LogP contribution in [-0.2, 0) is 19.1 Å². The second-order valence-corrected chi connectivity index (χ2v) is 9.45. The maximum atomic E-state index is 13.4. The van der Waals surface area contributed by atoms with Crippen LogP contribution >= 0.6 is 39.5 Å². The summed E-state index contributed by atoms with van der Waals surface area (Å²) in [5.74, 6) is 0.230. The third-order valence-corrected chi connectivity index (χ3v) is 7.31. The summed E-state index contributed by atoms with van der Waals surface area (Å²) in [5.41, 5.74) is 1.22. The Kier molecular flexibility index (Phi) is 6.57.